The largest absolute Gasteiger partial charge is 0.333 e. The topological polar surface area (TPSA) is 82.8 Å². The first-order valence-electron chi connectivity index (χ1n) is 10.4. The monoisotopic (exact) mass is 595 g/mol. The summed E-state index contributed by atoms with van der Waals surface area (Å²) >= 11 is 7.01. The van der Waals surface area contributed by atoms with Crippen molar-refractivity contribution in [2.45, 2.75) is 11.4 Å². The maximum Gasteiger partial charge on any atom is 0.272 e. The lowest BCUT2D eigenvalue weighted by Gasteiger charge is -2.36. The van der Waals surface area contributed by atoms with E-state index in [-0.39, 0.29) is 5.69 Å². The van der Waals surface area contributed by atoms with Gasteiger partial charge in [0.1, 0.15) is 4.99 Å². The fourth-order valence-corrected chi connectivity index (χ4v) is 8.83. The van der Waals surface area contributed by atoms with E-state index < -0.39 is 14.6 Å². The molecule has 33 heavy (non-hydrogen) atoms. The molecular formula is C22H23Br2N5O3S. The Balaban J connectivity index is 1.73. The Kier molecular flexibility index (Phi) is 7.40. The third-order valence-corrected chi connectivity index (χ3v) is 10.1. The van der Waals surface area contributed by atoms with E-state index in [1.54, 1.807) is 12.4 Å². The van der Waals surface area contributed by atoms with Gasteiger partial charge in [0.2, 0.25) is 0 Å². The third kappa shape index (κ3) is 4.42. The molecule has 1 unspecified atom stereocenters. The van der Waals surface area contributed by atoms with E-state index in [4.69, 9.17) is 6.42 Å². The van der Waals surface area contributed by atoms with Gasteiger partial charge in [0.25, 0.3) is 5.69 Å². The molecule has 0 N–H and O–H groups in total. The minimum atomic E-state index is -2.89. The number of halogens is 2. The minimum absolute atomic E-state index is 0.139. The average molecular weight is 597 g/mol. The Morgan fingerprint density at radius 1 is 1.18 bits per heavy atom. The predicted molar refractivity (Wildman–Crippen MR) is 138 cm³/mol. The lowest BCUT2D eigenvalue weighted by atomic mass is 10.1. The summed E-state index contributed by atoms with van der Waals surface area (Å²) < 4.78 is 16.8. The van der Waals surface area contributed by atoms with Crippen molar-refractivity contribution in [2.24, 2.45) is 0 Å². The summed E-state index contributed by atoms with van der Waals surface area (Å²) in [4.78, 5) is 20.6. The number of hydrogen-bond acceptors (Lipinski definition) is 6. The standard InChI is InChI=1S/C22H23Br2N5O3S/c1-2-18-13-19(29(30)31)14-20-22(18)28(8-5-23)21(15-24)33(20,32)27-11-9-26(10-12-27)16-17-3-6-25-7-4-17/h1,3-4,6-7,13-14H,5,8-12,15-16H2. The number of terminal acetylenes is 1. The van der Waals surface area contributed by atoms with Gasteiger partial charge >= 0.3 is 0 Å². The molecule has 3 heterocycles. The number of nitro groups is 1. The fraction of sp³-hybridized carbons (Fsp3) is 0.364. The van der Waals surface area contributed by atoms with Gasteiger partial charge in [-0.05, 0) is 17.7 Å². The quantitative estimate of drug-likeness (QED) is 0.161. The second-order valence-electron chi connectivity index (χ2n) is 7.70. The van der Waals surface area contributed by atoms with Crippen LogP contribution in [-0.2, 0) is 16.3 Å². The molecule has 2 aromatic rings. The van der Waals surface area contributed by atoms with Gasteiger partial charge in [-0.3, -0.25) is 20.0 Å². The molecule has 0 bridgehead atoms. The first kappa shape index (κ1) is 24.2. The van der Waals surface area contributed by atoms with Crippen LogP contribution in [0.15, 0.2) is 41.6 Å². The number of nitro benzene ring substituents is 1. The summed E-state index contributed by atoms with van der Waals surface area (Å²) in [6, 6.07) is 6.83. The van der Waals surface area contributed by atoms with Crippen LogP contribution in [0, 0.1) is 22.5 Å². The van der Waals surface area contributed by atoms with Gasteiger partial charge in [-0.25, -0.2) is 8.51 Å². The molecule has 2 aliphatic rings. The van der Waals surface area contributed by atoms with Gasteiger partial charge in [-0.15, -0.1) is 6.42 Å². The number of fused-ring (bicyclic) bond motifs is 1. The zero-order chi connectivity index (χ0) is 23.6. The summed E-state index contributed by atoms with van der Waals surface area (Å²) in [7, 11) is -2.89. The van der Waals surface area contributed by atoms with Crippen molar-refractivity contribution in [3.05, 3.63) is 57.9 Å². The van der Waals surface area contributed by atoms with Gasteiger partial charge in [0.15, 0.2) is 0 Å². The highest BCUT2D eigenvalue weighted by atomic mass is 79.9. The lowest BCUT2D eigenvalue weighted by molar-refractivity contribution is -0.385. The number of nitrogens with zero attached hydrogens (tertiary/aromatic N) is 5. The highest BCUT2D eigenvalue weighted by molar-refractivity contribution is 9.09. The summed E-state index contributed by atoms with van der Waals surface area (Å²) in [5, 5.41) is 12.6. The van der Waals surface area contributed by atoms with E-state index in [1.807, 2.05) is 21.3 Å². The summed E-state index contributed by atoms with van der Waals surface area (Å²) in [5.74, 6) is 2.58. The maximum atomic E-state index is 14.8. The second kappa shape index (κ2) is 10.1. The van der Waals surface area contributed by atoms with Gasteiger partial charge in [-0.2, -0.15) is 0 Å². The van der Waals surface area contributed by atoms with Crippen molar-refractivity contribution in [1.29, 1.82) is 0 Å². The number of hydrogen-bond donors (Lipinski definition) is 0. The molecule has 0 radical (unpaired) electrons. The molecule has 1 aromatic heterocycles. The molecule has 4 rings (SSSR count). The molecule has 1 fully saturated rings. The smallest absolute Gasteiger partial charge is 0.272 e. The van der Waals surface area contributed by atoms with Crippen molar-refractivity contribution in [2.75, 3.05) is 48.3 Å². The Hall–Kier alpha value is -1.97. The Morgan fingerprint density at radius 3 is 2.45 bits per heavy atom. The van der Waals surface area contributed by atoms with Crippen LogP contribution in [0.25, 0.3) is 0 Å². The van der Waals surface area contributed by atoms with Crippen LogP contribution in [0.4, 0.5) is 11.4 Å². The number of piperazine rings is 1. The Bertz CT molecular complexity index is 1220. The van der Waals surface area contributed by atoms with Crippen LogP contribution >= 0.6 is 31.9 Å². The fourth-order valence-electron chi connectivity index (χ4n) is 4.35. The van der Waals surface area contributed by atoms with Crippen molar-refractivity contribution >= 4 is 57.9 Å². The molecule has 11 heteroatoms. The third-order valence-electron chi connectivity index (χ3n) is 5.89. The number of anilines is 1. The van der Waals surface area contributed by atoms with E-state index in [1.165, 1.54) is 17.7 Å². The number of alkyl halides is 2. The van der Waals surface area contributed by atoms with Crippen LogP contribution in [0.5, 0.6) is 0 Å². The molecule has 0 aliphatic carbocycles. The van der Waals surface area contributed by atoms with E-state index in [0.717, 1.165) is 19.6 Å². The van der Waals surface area contributed by atoms with Crippen LogP contribution in [0.3, 0.4) is 0 Å². The average Bonchev–Trinajstić information content (AvgIpc) is 3.08. The molecule has 1 atom stereocenters. The summed E-state index contributed by atoms with van der Waals surface area (Å²) in [5.41, 5.74) is 2.07. The molecule has 1 saturated heterocycles. The second-order valence-corrected chi connectivity index (χ2v) is 11.5. The molecule has 0 spiro atoms. The van der Waals surface area contributed by atoms with Crippen molar-refractivity contribution < 1.29 is 9.13 Å². The van der Waals surface area contributed by atoms with E-state index in [0.29, 0.717) is 51.4 Å². The lowest BCUT2D eigenvalue weighted by Crippen LogP contribution is -2.50. The number of aromatic nitrogens is 1. The zero-order valence-electron chi connectivity index (χ0n) is 17.8. The first-order chi connectivity index (χ1) is 15.9. The molecule has 8 nitrogen and oxygen atoms in total. The van der Waals surface area contributed by atoms with E-state index >= 15 is 0 Å². The normalized spacial score (nSPS) is 21.1. The predicted octanol–water partition coefficient (Wildman–Crippen LogP) is 3.09. The Labute approximate surface area is 210 Å². The summed E-state index contributed by atoms with van der Waals surface area (Å²) in [6.45, 7) is 3.98. The first-order valence-corrected chi connectivity index (χ1v) is 14.1. The molecule has 0 saturated carbocycles. The number of rotatable bonds is 7. The van der Waals surface area contributed by atoms with Crippen LogP contribution in [0.2, 0.25) is 0 Å². The van der Waals surface area contributed by atoms with Crippen LogP contribution in [-0.4, -0.2) is 71.7 Å². The number of pyridine rings is 1. The molecule has 1 aromatic carbocycles. The van der Waals surface area contributed by atoms with Crippen molar-refractivity contribution in [3.8, 4) is 12.3 Å². The Morgan fingerprint density at radius 2 is 1.88 bits per heavy atom. The van der Waals surface area contributed by atoms with Gasteiger partial charge < -0.3 is 4.90 Å². The number of benzene rings is 1. The number of non-ortho nitro benzene ring substituents is 1. The molecule has 0 amide bonds. The van der Waals surface area contributed by atoms with Crippen molar-refractivity contribution in [1.82, 2.24) is 14.2 Å². The van der Waals surface area contributed by atoms with Crippen LogP contribution in [0.1, 0.15) is 11.1 Å². The van der Waals surface area contributed by atoms with Crippen molar-refractivity contribution in [3.63, 3.8) is 0 Å². The maximum absolute atomic E-state index is 14.8. The van der Waals surface area contributed by atoms with Gasteiger partial charge in [-0.1, -0.05) is 37.8 Å². The zero-order valence-corrected chi connectivity index (χ0v) is 21.8. The summed E-state index contributed by atoms with van der Waals surface area (Å²) in [6.07, 6.45) is 9.31. The van der Waals surface area contributed by atoms with Gasteiger partial charge in [0.05, 0.1) is 36.1 Å². The highest BCUT2D eigenvalue weighted by Gasteiger charge is 2.41. The minimum Gasteiger partial charge on any atom is -0.333 e. The SMILES string of the molecule is C#Cc1cc([N+](=O)[O-])cc2c1N(CCBr)C(CBr)=S2(=O)N1CCN(Cc2ccncc2)CC1. The molecular weight excluding hydrogens is 574 g/mol. The van der Waals surface area contributed by atoms with E-state index in [9.17, 15) is 14.3 Å². The van der Waals surface area contributed by atoms with Gasteiger partial charge in [0, 0.05) is 69.1 Å². The molecule has 2 aliphatic heterocycles. The van der Waals surface area contributed by atoms with E-state index in [2.05, 4.69) is 47.7 Å². The highest BCUT2D eigenvalue weighted by Crippen LogP contribution is 2.42. The molecule has 174 valence electrons. The van der Waals surface area contributed by atoms with Crippen LogP contribution < -0.4 is 4.90 Å².